The first kappa shape index (κ1) is 14.8. The summed E-state index contributed by atoms with van der Waals surface area (Å²) in [5, 5.41) is 2.69. The second-order valence-corrected chi connectivity index (χ2v) is 4.87. The molecule has 1 amide bonds. The molecule has 0 aliphatic carbocycles. The summed E-state index contributed by atoms with van der Waals surface area (Å²) in [5.41, 5.74) is 0.664. The summed E-state index contributed by atoms with van der Waals surface area (Å²) >= 11 is 11.5. The van der Waals surface area contributed by atoms with E-state index in [9.17, 15) is 13.6 Å². The molecule has 0 atom stereocenters. The number of halogens is 4. The maximum absolute atomic E-state index is 13.1. The van der Waals surface area contributed by atoms with Crippen LogP contribution in [0.1, 0.15) is 15.9 Å². The Morgan fingerprint density at radius 2 is 1.80 bits per heavy atom. The van der Waals surface area contributed by atoms with Crippen LogP contribution in [0.4, 0.5) is 8.78 Å². The van der Waals surface area contributed by atoms with Gasteiger partial charge >= 0.3 is 0 Å². The van der Waals surface area contributed by atoms with Gasteiger partial charge < -0.3 is 5.32 Å². The molecule has 0 aliphatic heterocycles. The van der Waals surface area contributed by atoms with Crippen LogP contribution in [0.3, 0.4) is 0 Å². The largest absolute Gasteiger partial charge is 0.348 e. The maximum atomic E-state index is 13.1. The highest BCUT2D eigenvalue weighted by atomic mass is 35.5. The summed E-state index contributed by atoms with van der Waals surface area (Å²) in [7, 11) is 0. The van der Waals surface area contributed by atoms with Gasteiger partial charge in [-0.1, -0.05) is 29.3 Å². The minimum absolute atomic E-state index is 0.0273. The lowest BCUT2D eigenvalue weighted by Crippen LogP contribution is -2.23. The number of rotatable bonds is 3. The molecule has 0 spiro atoms. The molecule has 0 unspecified atom stereocenters. The molecule has 0 heterocycles. The van der Waals surface area contributed by atoms with E-state index in [1.165, 1.54) is 30.3 Å². The molecule has 2 rings (SSSR count). The average molecular weight is 316 g/mol. The SMILES string of the molecule is O=C(NCc1ccc(F)c(Cl)c1)c1cc(F)ccc1Cl. The molecule has 0 saturated carbocycles. The third-order valence-corrected chi connectivity index (χ3v) is 3.23. The molecule has 2 nitrogen and oxygen atoms in total. The van der Waals surface area contributed by atoms with Crippen LogP contribution in [-0.2, 0) is 6.54 Å². The number of carbonyl (C=O) groups is 1. The smallest absolute Gasteiger partial charge is 0.253 e. The van der Waals surface area contributed by atoms with Gasteiger partial charge in [0.25, 0.3) is 5.91 Å². The first-order valence-corrected chi connectivity index (χ1v) is 6.40. The zero-order chi connectivity index (χ0) is 14.7. The lowest BCUT2D eigenvalue weighted by Gasteiger charge is -2.07. The van der Waals surface area contributed by atoms with Crippen molar-refractivity contribution in [3.05, 3.63) is 69.2 Å². The zero-order valence-electron chi connectivity index (χ0n) is 10.1. The Morgan fingerprint density at radius 1 is 1.05 bits per heavy atom. The Balaban J connectivity index is 2.08. The van der Waals surface area contributed by atoms with Gasteiger partial charge in [-0.25, -0.2) is 8.78 Å². The molecule has 0 saturated heterocycles. The third kappa shape index (κ3) is 3.46. The zero-order valence-corrected chi connectivity index (χ0v) is 11.6. The Bertz CT molecular complexity index is 662. The average Bonchev–Trinajstić information content (AvgIpc) is 2.42. The van der Waals surface area contributed by atoms with Crippen molar-refractivity contribution in [2.45, 2.75) is 6.54 Å². The van der Waals surface area contributed by atoms with Crippen molar-refractivity contribution in [3.63, 3.8) is 0 Å². The minimum atomic E-state index is -0.552. The van der Waals surface area contributed by atoms with Crippen LogP contribution in [0, 0.1) is 11.6 Å². The van der Waals surface area contributed by atoms with E-state index < -0.39 is 17.5 Å². The van der Waals surface area contributed by atoms with Crippen LogP contribution in [0.5, 0.6) is 0 Å². The summed E-state index contributed by atoms with van der Waals surface area (Å²) in [6, 6.07) is 7.63. The molecule has 1 N–H and O–H groups in total. The lowest BCUT2D eigenvalue weighted by molar-refractivity contribution is 0.0950. The highest BCUT2D eigenvalue weighted by molar-refractivity contribution is 6.33. The van der Waals surface area contributed by atoms with Crippen LogP contribution in [-0.4, -0.2) is 5.91 Å². The summed E-state index contributed by atoms with van der Waals surface area (Å²) in [5.74, 6) is -1.60. The molecule has 104 valence electrons. The predicted octanol–water partition coefficient (Wildman–Crippen LogP) is 4.20. The second-order valence-electron chi connectivity index (χ2n) is 4.06. The standard InChI is InChI=1S/C14H9Cl2F2NO/c15-11-3-2-9(17)6-10(11)14(20)19-7-8-1-4-13(18)12(16)5-8/h1-6H,7H2,(H,19,20). The molecule has 2 aromatic rings. The molecule has 6 heteroatoms. The van der Waals surface area contributed by atoms with E-state index in [1.807, 2.05) is 0 Å². The summed E-state index contributed by atoms with van der Waals surface area (Å²) in [4.78, 5) is 11.9. The molecule has 0 aliphatic rings. The molecule has 0 bridgehead atoms. The molecule has 2 aromatic carbocycles. The van der Waals surface area contributed by atoms with Gasteiger partial charge in [0.15, 0.2) is 0 Å². The van der Waals surface area contributed by atoms with E-state index in [4.69, 9.17) is 23.2 Å². The molecular formula is C14H9Cl2F2NO. The van der Waals surface area contributed by atoms with Crippen molar-refractivity contribution in [1.82, 2.24) is 5.32 Å². The van der Waals surface area contributed by atoms with Gasteiger partial charge in [-0.05, 0) is 35.9 Å². The van der Waals surface area contributed by atoms with Crippen LogP contribution in [0.25, 0.3) is 0 Å². The highest BCUT2D eigenvalue weighted by Gasteiger charge is 2.11. The Morgan fingerprint density at radius 3 is 2.50 bits per heavy atom. The van der Waals surface area contributed by atoms with E-state index >= 15 is 0 Å². The van der Waals surface area contributed by atoms with Crippen LogP contribution < -0.4 is 5.32 Å². The van der Waals surface area contributed by atoms with E-state index in [0.717, 1.165) is 6.07 Å². The van der Waals surface area contributed by atoms with Gasteiger partial charge in [0.2, 0.25) is 0 Å². The second kappa shape index (κ2) is 6.20. The Kier molecular flexibility index (Phi) is 4.57. The fourth-order valence-electron chi connectivity index (χ4n) is 1.60. The quantitative estimate of drug-likeness (QED) is 0.903. The van der Waals surface area contributed by atoms with E-state index in [1.54, 1.807) is 0 Å². The summed E-state index contributed by atoms with van der Waals surface area (Å²) in [6.45, 7) is 0.131. The lowest BCUT2D eigenvalue weighted by atomic mass is 10.2. The fraction of sp³-hybridized carbons (Fsp3) is 0.0714. The monoisotopic (exact) mass is 315 g/mol. The maximum Gasteiger partial charge on any atom is 0.253 e. The van der Waals surface area contributed by atoms with Gasteiger partial charge in [-0.2, -0.15) is 0 Å². The van der Waals surface area contributed by atoms with Crippen molar-refractivity contribution in [2.75, 3.05) is 0 Å². The van der Waals surface area contributed by atoms with Gasteiger partial charge in [-0.15, -0.1) is 0 Å². The fourth-order valence-corrected chi connectivity index (χ4v) is 2.01. The molecule has 0 radical (unpaired) electrons. The number of carbonyl (C=O) groups excluding carboxylic acids is 1. The van der Waals surface area contributed by atoms with Gasteiger partial charge in [-0.3, -0.25) is 4.79 Å². The minimum Gasteiger partial charge on any atom is -0.348 e. The van der Waals surface area contributed by atoms with Crippen molar-refractivity contribution in [2.24, 2.45) is 0 Å². The van der Waals surface area contributed by atoms with E-state index in [-0.39, 0.29) is 22.2 Å². The molecule has 0 aromatic heterocycles. The Hall–Kier alpha value is -1.65. The number of nitrogens with one attached hydrogen (secondary N) is 1. The van der Waals surface area contributed by atoms with Crippen LogP contribution in [0.15, 0.2) is 36.4 Å². The van der Waals surface area contributed by atoms with E-state index in [0.29, 0.717) is 5.56 Å². The van der Waals surface area contributed by atoms with Crippen LogP contribution >= 0.6 is 23.2 Å². The number of amides is 1. The van der Waals surface area contributed by atoms with Crippen molar-refractivity contribution in [3.8, 4) is 0 Å². The van der Waals surface area contributed by atoms with E-state index in [2.05, 4.69) is 5.32 Å². The number of hydrogen-bond acceptors (Lipinski definition) is 1. The number of benzene rings is 2. The molecular weight excluding hydrogens is 307 g/mol. The molecule has 0 fully saturated rings. The first-order chi connectivity index (χ1) is 9.47. The van der Waals surface area contributed by atoms with Gasteiger partial charge in [0.1, 0.15) is 11.6 Å². The van der Waals surface area contributed by atoms with Crippen LogP contribution in [0.2, 0.25) is 10.0 Å². The first-order valence-electron chi connectivity index (χ1n) is 5.64. The highest BCUT2D eigenvalue weighted by Crippen LogP contribution is 2.18. The number of hydrogen-bond donors (Lipinski definition) is 1. The molecule has 20 heavy (non-hydrogen) atoms. The summed E-state index contributed by atoms with van der Waals surface area (Å²) in [6.07, 6.45) is 0. The normalized spacial score (nSPS) is 10.4. The Labute approximate surface area is 124 Å². The topological polar surface area (TPSA) is 29.1 Å². The van der Waals surface area contributed by atoms with Gasteiger partial charge in [0.05, 0.1) is 15.6 Å². The summed E-state index contributed by atoms with van der Waals surface area (Å²) < 4.78 is 26.1. The van der Waals surface area contributed by atoms with Crippen molar-refractivity contribution < 1.29 is 13.6 Å². The van der Waals surface area contributed by atoms with Crippen molar-refractivity contribution in [1.29, 1.82) is 0 Å². The van der Waals surface area contributed by atoms with Crippen molar-refractivity contribution >= 4 is 29.1 Å². The predicted molar refractivity (Wildman–Crippen MR) is 74.0 cm³/mol. The van der Waals surface area contributed by atoms with Gasteiger partial charge in [0, 0.05) is 6.54 Å². The third-order valence-electron chi connectivity index (χ3n) is 2.61.